The summed E-state index contributed by atoms with van der Waals surface area (Å²) in [5.41, 5.74) is 0.818. The molecular formula is C46H82Br2O2. The molecule has 4 aliphatic carbocycles. The predicted octanol–water partition coefficient (Wildman–Crippen LogP) is 15.9. The summed E-state index contributed by atoms with van der Waals surface area (Å²) < 4.78 is 6.25. The summed E-state index contributed by atoms with van der Waals surface area (Å²) in [7, 11) is 0. The Morgan fingerprint density at radius 2 is 1.16 bits per heavy atom. The van der Waals surface area contributed by atoms with Crippen LogP contribution in [0.15, 0.2) is 0 Å². The Bertz CT molecular complexity index is 954. The summed E-state index contributed by atoms with van der Waals surface area (Å²) in [4.78, 5) is 13.4. The molecule has 4 aliphatic rings. The molecule has 0 heterocycles. The lowest BCUT2D eigenvalue weighted by molar-refractivity contribution is -0.157. The number of carbonyl (C=O) groups excluding carboxylic acids is 1. The van der Waals surface area contributed by atoms with Gasteiger partial charge >= 0.3 is 5.97 Å². The zero-order valence-electron chi connectivity index (χ0n) is 33.7. The maximum absolute atomic E-state index is 13.0. The van der Waals surface area contributed by atoms with E-state index >= 15 is 0 Å². The van der Waals surface area contributed by atoms with Gasteiger partial charge in [0.05, 0.1) is 0 Å². The highest BCUT2D eigenvalue weighted by Gasteiger charge is 2.66. The quantitative estimate of drug-likeness (QED) is 0.0521. The van der Waals surface area contributed by atoms with Crippen LogP contribution < -0.4 is 0 Å². The van der Waals surface area contributed by atoms with Crippen molar-refractivity contribution in [2.75, 3.05) is 0 Å². The molecule has 0 aliphatic heterocycles. The van der Waals surface area contributed by atoms with Gasteiger partial charge in [-0.15, -0.1) is 0 Å². The number of alkyl halides is 2. The van der Waals surface area contributed by atoms with Crippen molar-refractivity contribution in [3.63, 3.8) is 0 Å². The molecule has 4 rings (SSSR count). The summed E-state index contributed by atoms with van der Waals surface area (Å²) in [5.74, 6) is 3.54. The van der Waals surface area contributed by atoms with E-state index in [1.807, 2.05) is 0 Å². The van der Waals surface area contributed by atoms with Crippen molar-refractivity contribution in [1.29, 1.82) is 0 Å². The van der Waals surface area contributed by atoms with Gasteiger partial charge in [-0.1, -0.05) is 194 Å². The Hall–Kier alpha value is 0.430. The molecule has 292 valence electrons. The van der Waals surface area contributed by atoms with E-state index in [1.165, 1.54) is 180 Å². The van der Waals surface area contributed by atoms with Crippen LogP contribution in [0.25, 0.3) is 0 Å². The molecule has 0 aromatic rings. The fourth-order valence-electron chi connectivity index (χ4n) is 12.1. The molecule has 0 saturated heterocycles. The molecular weight excluding hydrogens is 744 g/mol. The van der Waals surface area contributed by atoms with Crippen LogP contribution >= 0.6 is 31.9 Å². The van der Waals surface area contributed by atoms with Gasteiger partial charge in [-0.05, 0) is 92.3 Å². The van der Waals surface area contributed by atoms with Gasteiger partial charge < -0.3 is 4.74 Å². The first-order valence-corrected chi connectivity index (χ1v) is 24.4. The van der Waals surface area contributed by atoms with E-state index in [4.69, 9.17) is 4.74 Å². The SMILES string of the molecule is CCCCCCCCCCCCCCCCCCC(=O)O[C@H]1CC[C@]2(C)[C@H]3CC[C@]4(C)[C@@H](CCCCCCCC)CC[C@H]4[C@@H]3C[C@@H](Br)[C@]2(Br)C1. The maximum Gasteiger partial charge on any atom is 0.306 e. The predicted molar refractivity (Wildman–Crippen MR) is 224 cm³/mol. The number of hydrogen-bond donors (Lipinski definition) is 0. The monoisotopic (exact) mass is 824 g/mol. The molecule has 4 saturated carbocycles. The molecule has 50 heavy (non-hydrogen) atoms. The largest absolute Gasteiger partial charge is 0.462 e. The van der Waals surface area contributed by atoms with Crippen molar-refractivity contribution in [3.8, 4) is 0 Å². The number of unbranched alkanes of at least 4 members (excludes halogenated alkanes) is 20. The first-order valence-electron chi connectivity index (χ1n) is 22.7. The Morgan fingerprint density at radius 1 is 0.640 bits per heavy atom. The molecule has 0 spiro atoms. The Kier molecular flexibility index (Phi) is 19.1. The number of hydrogen-bond acceptors (Lipinski definition) is 2. The van der Waals surface area contributed by atoms with E-state index in [1.54, 1.807) is 0 Å². The van der Waals surface area contributed by atoms with Crippen molar-refractivity contribution in [3.05, 3.63) is 0 Å². The second-order valence-electron chi connectivity index (χ2n) is 18.6. The van der Waals surface area contributed by atoms with Crippen molar-refractivity contribution in [2.45, 2.75) is 248 Å². The Morgan fingerprint density at radius 3 is 1.72 bits per heavy atom. The van der Waals surface area contributed by atoms with Crippen molar-refractivity contribution < 1.29 is 9.53 Å². The lowest BCUT2D eigenvalue weighted by Crippen LogP contribution is -2.64. The highest BCUT2D eigenvalue weighted by Crippen LogP contribution is 2.71. The lowest BCUT2D eigenvalue weighted by atomic mass is 9.44. The van der Waals surface area contributed by atoms with Crippen LogP contribution in [0.2, 0.25) is 0 Å². The van der Waals surface area contributed by atoms with Gasteiger partial charge in [-0.2, -0.15) is 0 Å². The zero-order valence-corrected chi connectivity index (χ0v) is 36.8. The molecule has 0 N–H and O–H groups in total. The highest BCUT2D eigenvalue weighted by atomic mass is 79.9. The van der Waals surface area contributed by atoms with Crippen LogP contribution in [0, 0.1) is 34.5 Å². The fraction of sp³-hybridized carbons (Fsp3) is 0.978. The topological polar surface area (TPSA) is 26.3 Å². The molecule has 2 nitrogen and oxygen atoms in total. The third-order valence-corrected chi connectivity index (χ3v) is 18.9. The van der Waals surface area contributed by atoms with Crippen LogP contribution in [-0.2, 0) is 9.53 Å². The van der Waals surface area contributed by atoms with Gasteiger partial charge in [-0.25, -0.2) is 0 Å². The lowest BCUT2D eigenvalue weighted by Gasteiger charge is -2.65. The van der Waals surface area contributed by atoms with Gasteiger partial charge in [0.1, 0.15) is 6.10 Å². The molecule has 0 radical (unpaired) electrons. The summed E-state index contributed by atoms with van der Waals surface area (Å²) in [6.45, 7) is 9.95. The average Bonchev–Trinajstić information content (AvgIpc) is 3.43. The number of esters is 1. The third kappa shape index (κ3) is 11.5. The molecule has 0 bridgehead atoms. The minimum atomic E-state index is 0.0167. The minimum absolute atomic E-state index is 0.0167. The summed E-state index contributed by atoms with van der Waals surface area (Å²) in [6, 6.07) is 0. The Balaban J connectivity index is 1.11. The van der Waals surface area contributed by atoms with E-state index in [-0.39, 0.29) is 21.8 Å². The Labute approximate surface area is 328 Å². The van der Waals surface area contributed by atoms with Crippen molar-refractivity contribution >= 4 is 37.8 Å². The van der Waals surface area contributed by atoms with Gasteiger partial charge in [0.2, 0.25) is 0 Å². The minimum Gasteiger partial charge on any atom is -0.462 e. The van der Waals surface area contributed by atoms with Crippen LogP contribution in [0.5, 0.6) is 0 Å². The maximum atomic E-state index is 13.0. The van der Waals surface area contributed by atoms with E-state index in [2.05, 4.69) is 59.6 Å². The number of halogens is 2. The second-order valence-corrected chi connectivity index (χ2v) is 21.2. The average molecular weight is 827 g/mol. The molecule has 0 aromatic heterocycles. The van der Waals surface area contributed by atoms with Crippen LogP contribution in [0.1, 0.15) is 233 Å². The van der Waals surface area contributed by atoms with E-state index < -0.39 is 0 Å². The first-order chi connectivity index (χ1) is 24.2. The van der Waals surface area contributed by atoms with E-state index in [0.29, 0.717) is 16.7 Å². The number of carbonyl (C=O) groups is 1. The highest BCUT2D eigenvalue weighted by molar-refractivity contribution is 9.12. The number of ether oxygens (including phenoxy) is 1. The van der Waals surface area contributed by atoms with Gasteiger partial charge in [0.15, 0.2) is 0 Å². The molecule has 0 aromatic carbocycles. The molecule has 9 atom stereocenters. The summed E-state index contributed by atoms with van der Waals surface area (Å²) >= 11 is 8.73. The molecule has 0 amide bonds. The van der Waals surface area contributed by atoms with E-state index in [0.717, 1.165) is 42.9 Å². The molecule has 4 heteroatoms. The fourth-order valence-corrected chi connectivity index (χ4v) is 14.2. The molecule has 0 unspecified atom stereocenters. The standard InChI is InChI=1S/C46H82Br2O2/c1-5-7-9-11-13-14-15-16-17-18-19-20-21-22-24-26-28-43(49)50-38-31-34-45(4)41-32-33-44(3)37(27-25-23-12-10-8-6-2)29-30-40(44)39(41)35-42(47)46(45,48)36-38/h37-42H,5-36H2,1-4H3/t37-,38-,39-,40-,41-,42+,44+,45+,46+/m0/s1. The van der Waals surface area contributed by atoms with Crippen LogP contribution in [-0.4, -0.2) is 21.2 Å². The summed E-state index contributed by atoms with van der Waals surface area (Å²) in [6.07, 6.45) is 42.7. The van der Waals surface area contributed by atoms with E-state index in [9.17, 15) is 4.79 Å². The number of rotatable bonds is 25. The van der Waals surface area contributed by atoms with Gasteiger partial charge in [0, 0.05) is 22.0 Å². The normalized spacial score (nSPS) is 35.0. The smallest absolute Gasteiger partial charge is 0.306 e. The second kappa shape index (κ2) is 22.1. The van der Waals surface area contributed by atoms with Crippen molar-refractivity contribution in [2.24, 2.45) is 34.5 Å². The number of fused-ring (bicyclic) bond motifs is 5. The van der Waals surface area contributed by atoms with Crippen LogP contribution in [0.4, 0.5) is 0 Å². The third-order valence-electron chi connectivity index (χ3n) is 15.3. The zero-order chi connectivity index (χ0) is 35.9. The first kappa shape index (κ1) is 43.2. The van der Waals surface area contributed by atoms with Crippen molar-refractivity contribution in [1.82, 2.24) is 0 Å². The summed E-state index contributed by atoms with van der Waals surface area (Å²) in [5, 5.41) is 0. The van der Waals surface area contributed by atoms with Gasteiger partial charge in [-0.3, -0.25) is 4.79 Å². The van der Waals surface area contributed by atoms with Crippen LogP contribution in [0.3, 0.4) is 0 Å². The van der Waals surface area contributed by atoms with Gasteiger partial charge in [0.25, 0.3) is 0 Å². The molecule has 4 fully saturated rings.